The van der Waals surface area contributed by atoms with E-state index in [1.54, 1.807) is 13.8 Å². The van der Waals surface area contributed by atoms with Crippen LogP contribution >= 0.6 is 0 Å². The van der Waals surface area contributed by atoms with Crippen LogP contribution in [0, 0.1) is 11.3 Å². The van der Waals surface area contributed by atoms with Gasteiger partial charge in [0.15, 0.2) is 0 Å². The molecule has 0 bridgehead atoms. The molecule has 0 fully saturated rings. The largest absolute Gasteiger partial charge is 0.481 e. The zero-order chi connectivity index (χ0) is 12.6. The van der Waals surface area contributed by atoms with Crippen LogP contribution in [0.25, 0.3) is 0 Å². The van der Waals surface area contributed by atoms with E-state index in [1.165, 1.54) is 12.8 Å². The molecule has 0 aliphatic rings. The third-order valence-corrected chi connectivity index (χ3v) is 2.85. The number of rotatable bonds is 9. The summed E-state index contributed by atoms with van der Waals surface area (Å²) in [7, 11) is 0. The molecule has 1 N–H and O–H groups in total. The minimum absolute atomic E-state index is 0.609. The third kappa shape index (κ3) is 6.83. The van der Waals surface area contributed by atoms with E-state index in [0.717, 1.165) is 13.0 Å². The molecule has 0 rings (SSSR count). The molecule has 0 amide bonds. The van der Waals surface area contributed by atoms with Crippen molar-refractivity contribution in [3.05, 3.63) is 0 Å². The highest BCUT2D eigenvalue weighted by Crippen LogP contribution is 2.22. The molecular formula is C13H26O3. The Kier molecular flexibility index (Phi) is 7.39. The summed E-state index contributed by atoms with van der Waals surface area (Å²) in [6, 6.07) is 0. The highest BCUT2D eigenvalue weighted by Gasteiger charge is 2.26. The lowest BCUT2D eigenvalue weighted by atomic mass is 9.88. The number of carboxylic acid groups (broad SMARTS) is 1. The fraction of sp³-hybridized carbons (Fsp3) is 0.923. The smallest absolute Gasteiger partial charge is 0.309 e. The van der Waals surface area contributed by atoms with Gasteiger partial charge in [-0.15, -0.1) is 0 Å². The van der Waals surface area contributed by atoms with Gasteiger partial charge in [0.05, 0.1) is 5.41 Å². The van der Waals surface area contributed by atoms with Gasteiger partial charge in [-0.25, -0.2) is 0 Å². The van der Waals surface area contributed by atoms with Crippen LogP contribution < -0.4 is 0 Å². The van der Waals surface area contributed by atoms with Crippen LogP contribution in [-0.2, 0) is 9.53 Å². The second-order valence-electron chi connectivity index (χ2n) is 5.26. The first kappa shape index (κ1) is 15.4. The van der Waals surface area contributed by atoms with Gasteiger partial charge in [-0.05, 0) is 39.0 Å². The molecule has 3 heteroatoms. The summed E-state index contributed by atoms with van der Waals surface area (Å²) >= 11 is 0. The predicted octanol–water partition coefficient (Wildman–Crippen LogP) is 3.33. The maximum absolute atomic E-state index is 10.8. The van der Waals surface area contributed by atoms with E-state index in [9.17, 15) is 4.79 Å². The summed E-state index contributed by atoms with van der Waals surface area (Å²) in [5.74, 6) is -0.121. The van der Waals surface area contributed by atoms with Crippen LogP contribution in [0.3, 0.4) is 0 Å². The molecule has 0 aliphatic carbocycles. The van der Waals surface area contributed by atoms with Crippen LogP contribution in [-0.4, -0.2) is 24.3 Å². The predicted molar refractivity (Wildman–Crippen MR) is 65.5 cm³/mol. The molecule has 0 saturated heterocycles. The Labute approximate surface area is 99.2 Å². The summed E-state index contributed by atoms with van der Waals surface area (Å²) in [6.07, 6.45) is 3.87. The first-order chi connectivity index (χ1) is 7.40. The summed E-state index contributed by atoms with van der Waals surface area (Å²) in [4.78, 5) is 10.8. The fourth-order valence-corrected chi connectivity index (χ4v) is 1.58. The maximum Gasteiger partial charge on any atom is 0.309 e. The van der Waals surface area contributed by atoms with Crippen molar-refractivity contribution in [1.29, 1.82) is 0 Å². The molecule has 3 nitrogen and oxygen atoms in total. The molecule has 0 aromatic heterocycles. The summed E-state index contributed by atoms with van der Waals surface area (Å²) in [6.45, 7) is 9.34. The summed E-state index contributed by atoms with van der Waals surface area (Å²) in [5.41, 5.74) is -0.627. The van der Waals surface area contributed by atoms with E-state index in [-0.39, 0.29) is 0 Å². The van der Waals surface area contributed by atoms with Gasteiger partial charge in [-0.1, -0.05) is 20.3 Å². The van der Waals surface area contributed by atoms with Gasteiger partial charge in [0.2, 0.25) is 0 Å². The van der Waals surface area contributed by atoms with Crippen molar-refractivity contribution in [2.24, 2.45) is 11.3 Å². The van der Waals surface area contributed by atoms with Gasteiger partial charge in [-0.3, -0.25) is 4.79 Å². The van der Waals surface area contributed by atoms with E-state index >= 15 is 0 Å². The van der Waals surface area contributed by atoms with Gasteiger partial charge in [0.1, 0.15) is 0 Å². The number of ether oxygens (including phenoxy) is 1. The zero-order valence-electron chi connectivity index (χ0n) is 11.1. The first-order valence-electron chi connectivity index (χ1n) is 6.21. The molecule has 0 aromatic rings. The fourth-order valence-electron chi connectivity index (χ4n) is 1.58. The van der Waals surface area contributed by atoms with E-state index in [2.05, 4.69) is 13.8 Å². The molecule has 96 valence electrons. The van der Waals surface area contributed by atoms with Crippen LogP contribution in [0.4, 0.5) is 0 Å². The number of hydrogen-bond donors (Lipinski definition) is 1. The highest BCUT2D eigenvalue weighted by molar-refractivity contribution is 5.73. The van der Waals surface area contributed by atoms with E-state index in [0.29, 0.717) is 18.9 Å². The lowest BCUT2D eigenvalue weighted by molar-refractivity contribution is -0.147. The Morgan fingerprint density at radius 3 is 2.56 bits per heavy atom. The number of hydrogen-bond acceptors (Lipinski definition) is 2. The number of aliphatic carboxylic acids is 1. The maximum atomic E-state index is 10.8. The molecule has 0 saturated carbocycles. The molecule has 0 radical (unpaired) electrons. The van der Waals surface area contributed by atoms with Crippen molar-refractivity contribution in [2.45, 2.75) is 53.4 Å². The lowest BCUT2D eigenvalue weighted by Gasteiger charge is -2.18. The molecule has 1 atom stereocenters. The van der Waals surface area contributed by atoms with Crippen LogP contribution in [0.2, 0.25) is 0 Å². The minimum Gasteiger partial charge on any atom is -0.481 e. The molecule has 0 spiro atoms. The van der Waals surface area contributed by atoms with E-state index in [4.69, 9.17) is 9.84 Å². The monoisotopic (exact) mass is 230 g/mol. The number of carboxylic acids is 1. The van der Waals surface area contributed by atoms with Gasteiger partial charge >= 0.3 is 5.97 Å². The summed E-state index contributed by atoms with van der Waals surface area (Å²) in [5, 5.41) is 8.92. The normalized spacial score (nSPS) is 13.8. The van der Waals surface area contributed by atoms with Gasteiger partial charge in [0, 0.05) is 13.2 Å². The van der Waals surface area contributed by atoms with Crippen molar-refractivity contribution in [1.82, 2.24) is 0 Å². The SMILES string of the molecule is CCCC(C)COCCCC(C)(C)C(=O)O. The molecule has 1 unspecified atom stereocenters. The Morgan fingerprint density at radius 1 is 1.44 bits per heavy atom. The molecule has 0 heterocycles. The quantitative estimate of drug-likeness (QED) is 0.618. The summed E-state index contributed by atoms with van der Waals surface area (Å²) < 4.78 is 5.53. The van der Waals surface area contributed by atoms with Gasteiger partial charge in [0.25, 0.3) is 0 Å². The first-order valence-corrected chi connectivity index (χ1v) is 6.21. The number of carbonyl (C=O) groups is 1. The van der Waals surface area contributed by atoms with E-state index < -0.39 is 11.4 Å². The highest BCUT2D eigenvalue weighted by atomic mass is 16.5. The van der Waals surface area contributed by atoms with Crippen molar-refractivity contribution >= 4 is 5.97 Å². The lowest BCUT2D eigenvalue weighted by Crippen LogP contribution is -2.24. The van der Waals surface area contributed by atoms with Crippen molar-refractivity contribution < 1.29 is 14.6 Å². The zero-order valence-corrected chi connectivity index (χ0v) is 11.1. The van der Waals surface area contributed by atoms with Crippen molar-refractivity contribution in [3.8, 4) is 0 Å². The Bertz CT molecular complexity index is 199. The average Bonchev–Trinajstić information content (AvgIpc) is 2.17. The van der Waals surface area contributed by atoms with E-state index in [1.807, 2.05) is 0 Å². The standard InChI is InChI=1S/C13H26O3/c1-5-7-11(2)10-16-9-6-8-13(3,4)12(14)15/h11H,5-10H2,1-4H3,(H,14,15). The van der Waals surface area contributed by atoms with Crippen LogP contribution in [0.5, 0.6) is 0 Å². The second kappa shape index (κ2) is 7.66. The second-order valence-corrected chi connectivity index (χ2v) is 5.26. The molecule has 16 heavy (non-hydrogen) atoms. The average molecular weight is 230 g/mol. The molecular weight excluding hydrogens is 204 g/mol. The Hall–Kier alpha value is -0.570. The van der Waals surface area contributed by atoms with Gasteiger partial charge in [-0.2, -0.15) is 0 Å². The third-order valence-electron chi connectivity index (χ3n) is 2.85. The Balaban J connectivity index is 3.50. The topological polar surface area (TPSA) is 46.5 Å². The van der Waals surface area contributed by atoms with Crippen molar-refractivity contribution in [3.63, 3.8) is 0 Å². The Morgan fingerprint density at radius 2 is 2.06 bits per heavy atom. The minimum atomic E-state index is -0.730. The molecule has 0 aromatic carbocycles. The van der Waals surface area contributed by atoms with Crippen molar-refractivity contribution in [2.75, 3.05) is 13.2 Å². The van der Waals surface area contributed by atoms with Gasteiger partial charge < -0.3 is 9.84 Å². The van der Waals surface area contributed by atoms with Crippen LogP contribution in [0.15, 0.2) is 0 Å². The van der Waals surface area contributed by atoms with Crippen LogP contribution in [0.1, 0.15) is 53.4 Å². The molecule has 0 aliphatic heterocycles.